The number of fused-ring (bicyclic) bond motifs is 1. The summed E-state index contributed by atoms with van der Waals surface area (Å²) in [6.07, 6.45) is -0.964. The number of anilines is 1. The molecule has 0 radical (unpaired) electrons. The van der Waals surface area contributed by atoms with E-state index in [1.807, 2.05) is 0 Å². The molecule has 0 spiro atoms. The maximum atomic E-state index is 12.1. The normalized spacial score (nSPS) is 14.9. The first kappa shape index (κ1) is 18.2. The van der Waals surface area contributed by atoms with E-state index < -0.39 is 29.5 Å². The van der Waals surface area contributed by atoms with E-state index in [1.165, 1.54) is 18.2 Å². The van der Waals surface area contributed by atoms with E-state index in [-0.39, 0.29) is 12.3 Å². The second-order valence-corrected chi connectivity index (χ2v) is 5.78. The predicted octanol–water partition coefficient (Wildman–Crippen LogP) is 2.22. The monoisotopic (exact) mass is 372 g/mol. The number of hydrogen-bond acceptors (Lipinski definition) is 7. The molecule has 0 saturated heterocycles. The molecule has 9 nitrogen and oxygen atoms in total. The molecule has 0 aliphatic carbocycles. The molecule has 0 saturated carbocycles. The highest BCUT2D eigenvalue weighted by Crippen LogP contribution is 2.31. The Hall–Kier alpha value is -3.62. The molecule has 0 fully saturated rings. The Morgan fingerprint density at radius 1 is 1.26 bits per heavy atom. The third-order valence-corrected chi connectivity index (χ3v) is 3.81. The average Bonchev–Trinajstić information content (AvgIpc) is 2.67. The average molecular weight is 372 g/mol. The lowest BCUT2D eigenvalue weighted by atomic mass is 10.2. The molecule has 1 heterocycles. The van der Waals surface area contributed by atoms with Gasteiger partial charge in [-0.1, -0.05) is 12.1 Å². The number of hydrogen-bond donors (Lipinski definition) is 1. The van der Waals surface area contributed by atoms with Gasteiger partial charge in [-0.2, -0.15) is 0 Å². The van der Waals surface area contributed by atoms with E-state index in [4.69, 9.17) is 14.2 Å². The third kappa shape index (κ3) is 4.32. The molecule has 2 aromatic carbocycles. The van der Waals surface area contributed by atoms with Crippen molar-refractivity contribution in [2.45, 2.75) is 13.0 Å². The number of rotatable bonds is 5. The Morgan fingerprint density at radius 3 is 2.70 bits per heavy atom. The van der Waals surface area contributed by atoms with Crippen LogP contribution in [0.1, 0.15) is 5.56 Å². The van der Waals surface area contributed by atoms with E-state index in [9.17, 15) is 19.7 Å². The molecule has 1 aliphatic heterocycles. The van der Waals surface area contributed by atoms with Crippen LogP contribution in [0.5, 0.6) is 11.5 Å². The molecule has 0 unspecified atom stereocenters. The number of esters is 1. The number of nitrogens with zero attached hydrogens (tertiary/aromatic N) is 1. The number of carbonyl (C=O) groups is 2. The molecular weight excluding hydrogens is 356 g/mol. The number of non-ortho nitro benzene ring substituents is 1. The lowest BCUT2D eigenvalue weighted by Gasteiger charge is -2.24. The summed E-state index contributed by atoms with van der Waals surface area (Å²) in [7, 11) is 0. The van der Waals surface area contributed by atoms with Crippen LogP contribution in [0.25, 0.3) is 0 Å². The van der Waals surface area contributed by atoms with Crippen molar-refractivity contribution in [3.8, 4) is 11.5 Å². The molecule has 1 amide bonds. The number of nitro groups is 1. The van der Waals surface area contributed by atoms with Gasteiger partial charge in [-0.3, -0.25) is 14.9 Å². The van der Waals surface area contributed by atoms with Gasteiger partial charge in [0.15, 0.2) is 18.1 Å². The van der Waals surface area contributed by atoms with Crippen LogP contribution < -0.4 is 14.8 Å². The summed E-state index contributed by atoms with van der Waals surface area (Å²) in [6, 6.07) is 10.9. The predicted molar refractivity (Wildman–Crippen MR) is 93.8 cm³/mol. The maximum Gasteiger partial charge on any atom is 0.351 e. The van der Waals surface area contributed by atoms with Crippen LogP contribution in [0.2, 0.25) is 0 Å². The molecule has 0 bridgehead atoms. The molecule has 3 rings (SSSR count). The fourth-order valence-corrected chi connectivity index (χ4v) is 2.45. The molecule has 9 heteroatoms. The number of benzene rings is 2. The first-order valence-electron chi connectivity index (χ1n) is 8.04. The highest BCUT2D eigenvalue weighted by atomic mass is 16.6. The minimum atomic E-state index is -0.964. The Morgan fingerprint density at radius 2 is 2.00 bits per heavy atom. The largest absolute Gasteiger partial charge is 0.485 e. The Kier molecular flexibility index (Phi) is 5.20. The van der Waals surface area contributed by atoms with Crippen molar-refractivity contribution in [3.05, 3.63) is 58.1 Å². The topological polar surface area (TPSA) is 117 Å². The minimum Gasteiger partial charge on any atom is -0.485 e. The highest BCUT2D eigenvalue weighted by Gasteiger charge is 2.29. The van der Waals surface area contributed by atoms with Crippen LogP contribution in [0.4, 0.5) is 11.4 Å². The van der Waals surface area contributed by atoms with Gasteiger partial charge in [0.05, 0.1) is 4.92 Å². The minimum absolute atomic E-state index is 0.0150. The number of carbonyl (C=O) groups excluding carboxylic acids is 2. The number of nitro benzene ring substituents is 1. The quantitative estimate of drug-likeness (QED) is 0.486. The van der Waals surface area contributed by atoms with Gasteiger partial charge in [0.25, 0.3) is 11.6 Å². The van der Waals surface area contributed by atoms with Gasteiger partial charge in [-0.05, 0) is 30.7 Å². The molecule has 1 atom stereocenters. The molecule has 1 aliphatic rings. The molecule has 27 heavy (non-hydrogen) atoms. The third-order valence-electron chi connectivity index (χ3n) is 3.81. The Labute approximate surface area is 154 Å². The zero-order valence-electron chi connectivity index (χ0n) is 14.3. The first-order valence-corrected chi connectivity index (χ1v) is 8.04. The smallest absolute Gasteiger partial charge is 0.351 e. The van der Waals surface area contributed by atoms with Crippen LogP contribution >= 0.6 is 0 Å². The van der Waals surface area contributed by atoms with Crippen LogP contribution in [-0.4, -0.2) is 36.1 Å². The van der Waals surface area contributed by atoms with Gasteiger partial charge in [-0.15, -0.1) is 0 Å². The number of aryl methyl sites for hydroxylation is 1. The SMILES string of the molecule is Cc1cc([N+](=O)[O-])ccc1NC(=O)COC(=O)[C@@H]1COc2ccccc2O1. The van der Waals surface area contributed by atoms with E-state index in [1.54, 1.807) is 31.2 Å². The van der Waals surface area contributed by atoms with Gasteiger partial charge in [0, 0.05) is 17.8 Å². The second-order valence-electron chi connectivity index (χ2n) is 5.78. The zero-order valence-corrected chi connectivity index (χ0v) is 14.3. The summed E-state index contributed by atoms with van der Waals surface area (Å²) >= 11 is 0. The summed E-state index contributed by atoms with van der Waals surface area (Å²) in [5, 5.41) is 13.3. The van der Waals surface area contributed by atoms with Gasteiger partial charge in [-0.25, -0.2) is 4.79 Å². The lowest BCUT2D eigenvalue weighted by Crippen LogP contribution is -2.39. The van der Waals surface area contributed by atoms with Gasteiger partial charge in [0.2, 0.25) is 6.10 Å². The van der Waals surface area contributed by atoms with Crippen LogP contribution in [0.15, 0.2) is 42.5 Å². The molecule has 2 aromatic rings. The Bertz CT molecular complexity index is 897. The second kappa shape index (κ2) is 7.73. The lowest BCUT2D eigenvalue weighted by molar-refractivity contribution is -0.384. The summed E-state index contributed by atoms with van der Waals surface area (Å²) in [5.74, 6) is -0.331. The highest BCUT2D eigenvalue weighted by molar-refractivity contribution is 5.93. The summed E-state index contributed by atoms with van der Waals surface area (Å²) in [6.45, 7) is 1.09. The van der Waals surface area contributed by atoms with Gasteiger partial charge in [0.1, 0.15) is 6.61 Å². The Balaban J connectivity index is 1.52. The van der Waals surface area contributed by atoms with Crippen molar-refractivity contribution in [1.29, 1.82) is 0 Å². The number of amides is 1. The van der Waals surface area contributed by atoms with E-state index in [2.05, 4.69) is 5.32 Å². The zero-order chi connectivity index (χ0) is 19.4. The first-order chi connectivity index (χ1) is 12.9. The van der Waals surface area contributed by atoms with Crippen LogP contribution in [0, 0.1) is 17.0 Å². The molecule has 1 N–H and O–H groups in total. The van der Waals surface area contributed by atoms with Crippen molar-refractivity contribution in [2.75, 3.05) is 18.5 Å². The van der Waals surface area contributed by atoms with Crippen molar-refractivity contribution >= 4 is 23.3 Å². The number of nitrogens with one attached hydrogen (secondary N) is 1. The maximum absolute atomic E-state index is 12.1. The van der Waals surface area contributed by atoms with E-state index >= 15 is 0 Å². The van der Waals surface area contributed by atoms with E-state index in [0.29, 0.717) is 22.7 Å². The summed E-state index contributed by atoms with van der Waals surface area (Å²) in [4.78, 5) is 34.3. The van der Waals surface area contributed by atoms with Gasteiger partial charge >= 0.3 is 5.97 Å². The standard InChI is InChI=1S/C18H16N2O7/c1-11-8-12(20(23)24)6-7-13(11)19-17(21)10-26-18(22)16-9-25-14-4-2-3-5-15(14)27-16/h2-8,16H,9-10H2,1H3,(H,19,21)/t16-/m0/s1. The number of para-hydroxylation sites is 2. The molecule has 0 aromatic heterocycles. The van der Waals surface area contributed by atoms with Crippen LogP contribution in [0.3, 0.4) is 0 Å². The van der Waals surface area contributed by atoms with Gasteiger partial charge < -0.3 is 19.5 Å². The fourth-order valence-electron chi connectivity index (χ4n) is 2.45. The van der Waals surface area contributed by atoms with Crippen molar-refractivity contribution in [3.63, 3.8) is 0 Å². The van der Waals surface area contributed by atoms with E-state index in [0.717, 1.165) is 0 Å². The van der Waals surface area contributed by atoms with Crippen molar-refractivity contribution in [2.24, 2.45) is 0 Å². The number of ether oxygens (including phenoxy) is 3. The molecule has 140 valence electrons. The van der Waals surface area contributed by atoms with Crippen molar-refractivity contribution in [1.82, 2.24) is 0 Å². The summed E-state index contributed by atoms with van der Waals surface area (Å²) < 4.78 is 15.9. The van der Waals surface area contributed by atoms with Crippen molar-refractivity contribution < 1.29 is 28.7 Å². The fraction of sp³-hybridized carbons (Fsp3) is 0.222. The summed E-state index contributed by atoms with van der Waals surface area (Å²) in [5.41, 5.74) is 0.837. The van der Waals surface area contributed by atoms with Crippen LogP contribution in [-0.2, 0) is 14.3 Å². The molecular formula is C18H16N2O7.